The molecular weight excluding hydrogens is 184 g/mol. The van der Waals surface area contributed by atoms with Crippen LogP contribution in [0.2, 0.25) is 0 Å². The van der Waals surface area contributed by atoms with Gasteiger partial charge in [0.2, 0.25) is 0 Å². The zero-order valence-electron chi connectivity index (χ0n) is 7.36. The van der Waals surface area contributed by atoms with Gasteiger partial charge in [-0.15, -0.1) is 0 Å². The van der Waals surface area contributed by atoms with Crippen molar-refractivity contribution in [2.24, 2.45) is 11.5 Å². The van der Waals surface area contributed by atoms with Gasteiger partial charge in [0.05, 0.1) is 18.1 Å². The average Bonchev–Trinajstić information content (AvgIpc) is 2.17. The number of benzene rings is 1. The third kappa shape index (κ3) is 2.40. The fraction of sp³-hybridized carbons (Fsp3) is 0.222. The predicted octanol–water partition coefficient (Wildman–Crippen LogP) is 0.981. The molecular formula is C9H12N2OS. The average molecular weight is 196 g/mol. The summed E-state index contributed by atoms with van der Waals surface area (Å²) in [7, 11) is 1.61. The Morgan fingerprint density at radius 2 is 1.92 bits per heavy atom. The van der Waals surface area contributed by atoms with Gasteiger partial charge in [-0.05, 0) is 17.7 Å². The van der Waals surface area contributed by atoms with Gasteiger partial charge in [-0.2, -0.15) is 0 Å². The molecule has 1 aromatic rings. The molecule has 1 unspecified atom stereocenters. The summed E-state index contributed by atoms with van der Waals surface area (Å²) in [4.78, 5) is 0.296. The molecule has 0 aliphatic carbocycles. The molecule has 0 aromatic heterocycles. The largest absolute Gasteiger partial charge is 0.497 e. The van der Waals surface area contributed by atoms with Crippen molar-refractivity contribution >= 4 is 17.2 Å². The van der Waals surface area contributed by atoms with Crippen molar-refractivity contribution in [1.82, 2.24) is 0 Å². The molecule has 0 fully saturated rings. The first kappa shape index (κ1) is 9.95. The van der Waals surface area contributed by atoms with Crippen molar-refractivity contribution in [3.63, 3.8) is 0 Å². The van der Waals surface area contributed by atoms with Crippen molar-refractivity contribution < 1.29 is 4.74 Å². The first-order valence-electron chi connectivity index (χ1n) is 3.84. The minimum atomic E-state index is -0.374. The topological polar surface area (TPSA) is 61.3 Å². The van der Waals surface area contributed by atoms with Gasteiger partial charge in [0.1, 0.15) is 5.75 Å². The fourth-order valence-electron chi connectivity index (χ4n) is 0.976. The zero-order chi connectivity index (χ0) is 9.84. The Morgan fingerprint density at radius 3 is 2.31 bits per heavy atom. The molecule has 3 nitrogen and oxygen atoms in total. The quantitative estimate of drug-likeness (QED) is 0.707. The Hall–Kier alpha value is -1.13. The number of ether oxygens (including phenoxy) is 1. The zero-order valence-corrected chi connectivity index (χ0v) is 8.17. The molecule has 4 heteroatoms. The van der Waals surface area contributed by atoms with Crippen LogP contribution in [0.5, 0.6) is 5.75 Å². The highest BCUT2D eigenvalue weighted by atomic mass is 32.1. The lowest BCUT2D eigenvalue weighted by Crippen LogP contribution is -2.26. The molecule has 1 rings (SSSR count). The molecule has 70 valence electrons. The smallest absolute Gasteiger partial charge is 0.118 e. The molecule has 0 heterocycles. The van der Waals surface area contributed by atoms with Crippen LogP contribution in [0.4, 0.5) is 0 Å². The number of nitrogens with two attached hydrogens (primary N) is 2. The van der Waals surface area contributed by atoms with Gasteiger partial charge in [-0.3, -0.25) is 0 Å². The van der Waals surface area contributed by atoms with Crippen molar-refractivity contribution in [2.45, 2.75) is 6.04 Å². The summed E-state index contributed by atoms with van der Waals surface area (Å²) < 4.78 is 5.00. The van der Waals surface area contributed by atoms with Crippen molar-refractivity contribution in [2.75, 3.05) is 7.11 Å². The molecule has 0 radical (unpaired) electrons. The van der Waals surface area contributed by atoms with Crippen LogP contribution in [0.3, 0.4) is 0 Å². The SMILES string of the molecule is COc1ccc(C(N)C(N)=S)cc1. The van der Waals surface area contributed by atoms with Crippen molar-refractivity contribution in [1.29, 1.82) is 0 Å². The molecule has 0 aliphatic heterocycles. The Labute approximate surface area is 82.7 Å². The minimum absolute atomic E-state index is 0.296. The Kier molecular flexibility index (Phi) is 3.22. The summed E-state index contributed by atoms with van der Waals surface area (Å²) in [5.41, 5.74) is 12.0. The van der Waals surface area contributed by atoms with E-state index in [0.29, 0.717) is 4.99 Å². The van der Waals surface area contributed by atoms with E-state index in [2.05, 4.69) is 0 Å². The van der Waals surface area contributed by atoms with Gasteiger partial charge in [0.25, 0.3) is 0 Å². The van der Waals surface area contributed by atoms with E-state index in [1.54, 1.807) is 7.11 Å². The minimum Gasteiger partial charge on any atom is -0.497 e. The molecule has 1 atom stereocenters. The normalized spacial score (nSPS) is 12.2. The van der Waals surface area contributed by atoms with Gasteiger partial charge in [0.15, 0.2) is 0 Å². The van der Waals surface area contributed by atoms with Crippen LogP contribution in [-0.2, 0) is 0 Å². The van der Waals surface area contributed by atoms with Gasteiger partial charge in [0, 0.05) is 0 Å². The number of hydrogen-bond donors (Lipinski definition) is 2. The second kappa shape index (κ2) is 4.20. The highest BCUT2D eigenvalue weighted by Crippen LogP contribution is 2.15. The lowest BCUT2D eigenvalue weighted by Gasteiger charge is -2.10. The Morgan fingerprint density at radius 1 is 1.38 bits per heavy atom. The maximum Gasteiger partial charge on any atom is 0.118 e. The monoisotopic (exact) mass is 196 g/mol. The molecule has 0 bridgehead atoms. The van der Waals surface area contributed by atoms with Crippen LogP contribution in [0.15, 0.2) is 24.3 Å². The predicted molar refractivity (Wildman–Crippen MR) is 56.7 cm³/mol. The van der Waals surface area contributed by atoms with Crippen LogP contribution in [0.25, 0.3) is 0 Å². The van der Waals surface area contributed by atoms with E-state index in [4.69, 9.17) is 28.4 Å². The highest BCUT2D eigenvalue weighted by Gasteiger charge is 2.07. The first-order chi connectivity index (χ1) is 6.15. The lowest BCUT2D eigenvalue weighted by atomic mass is 10.1. The van der Waals surface area contributed by atoms with Crippen LogP contribution in [-0.4, -0.2) is 12.1 Å². The van der Waals surface area contributed by atoms with E-state index in [1.165, 1.54) is 0 Å². The molecule has 0 saturated heterocycles. The second-order valence-electron chi connectivity index (χ2n) is 2.65. The maximum atomic E-state index is 5.72. The summed E-state index contributed by atoms with van der Waals surface area (Å²) in [6.45, 7) is 0. The highest BCUT2D eigenvalue weighted by molar-refractivity contribution is 7.80. The molecule has 13 heavy (non-hydrogen) atoms. The number of hydrogen-bond acceptors (Lipinski definition) is 3. The van der Waals surface area contributed by atoms with Gasteiger partial charge in [-0.25, -0.2) is 0 Å². The van der Waals surface area contributed by atoms with Gasteiger partial charge >= 0.3 is 0 Å². The number of rotatable bonds is 3. The molecule has 0 saturated carbocycles. The van der Waals surface area contributed by atoms with Crippen LogP contribution < -0.4 is 16.2 Å². The lowest BCUT2D eigenvalue weighted by molar-refractivity contribution is 0.414. The van der Waals surface area contributed by atoms with Gasteiger partial charge in [-0.1, -0.05) is 24.4 Å². The molecule has 0 spiro atoms. The summed E-state index contributed by atoms with van der Waals surface area (Å²) in [5.74, 6) is 0.791. The van der Waals surface area contributed by atoms with Crippen molar-refractivity contribution in [3.8, 4) is 5.75 Å². The first-order valence-corrected chi connectivity index (χ1v) is 4.25. The second-order valence-corrected chi connectivity index (χ2v) is 3.12. The van der Waals surface area contributed by atoms with Crippen molar-refractivity contribution in [3.05, 3.63) is 29.8 Å². The number of methoxy groups -OCH3 is 1. The standard InChI is InChI=1S/C9H12N2OS/c1-12-7-4-2-6(3-5-7)8(10)9(11)13/h2-5,8H,10H2,1H3,(H2,11,13). The van der Waals surface area contributed by atoms with E-state index in [9.17, 15) is 0 Å². The summed E-state index contributed by atoms with van der Waals surface area (Å²) >= 11 is 4.78. The van der Waals surface area contributed by atoms with E-state index < -0.39 is 0 Å². The Bertz CT molecular complexity index is 297. The number of thiocarbonyl (C=S) groups is 1. The third-order valence-corrected chi connectivity index (χ3v) is 2.04. The molecule has 1 aromatic carbocycles. The van der Waals surface area contributed by atoms with E-state index in [1.807, 2.05) is 24.3 Å². The Balaban J connectivity index is 2.85. The van der Waals surface area contributed by atoms with Crippen LogP contribution in [0, 0.1) is 0 Å². The molecule has 0 aliphatic rings. The summed E-state index contributed by atoms with van der Waals surface area (Å²) in [6.07, 6.45) is 0. The van der Waals surface area contributed by atoms with Gasteiger partial charge < -0.3 is 16.2 Å². The van der Waals surface area contributed by atoms with E-state index in [0.717, 1.165) is 11.3 Å². The molecule has 0 amide bonds. The molecule has 4 N–H and O–H groups in total. The van der Waals surface area contributed by atoms with Crippen LogP contribution in [0.1, 0.15) is 11.6 Å². The van der Waals surface area contributed by atoms with Crippen LogP contribution >= 0.6 is 12.2 Å². The fourth-order valence-corrected chi connectivity index (χ4v) is 1.11. The van der Waals surface area contributed by atoms with E-state index >= 15 is 0 Å². The van der Waals surface area contributed by atoms with E-state index in [-0.39, 0.29) is 6.04 Å². The summed E-state index contributed by atoms with van der Waals surface area (Å²) in [5, 5.41) is 0. The third-order valence-electron chi connectivity index (χ3n) is 1.78. The maximum absolute atomic E-state index is 5.72. The summed E-state index contributed by atoms with van der Waals surface area (Å²) in [6, 6.07) is 6.98.